The molecule has 3 atom stereocenters. The summed E-state index contributed by atoms with van der Waals surface area (Å²) >= 11 is 0. The molecular weight excluding hydrogens is 136 g/mol. The molecule has 1 unspecified atom stereocenters. The van der Waals surface area contributed by atoms with Gasteiger partial charge in [0.25, 0.3) is 0 Å². The minimum Gasteiger partial charge on any atom is -0.303 e. The third kappa shape index (κ3) is 0.533. The Balaban J connectivity index is 2.34. The lowest BCUT2D eigenvalue weighted by Gasteiger charge is -2.57. The zero-order chi connectivity index (χ0) is 8.28. The van der Waals surface area contributed by atoms with E-state index in [-0.39, 0.29) is 0 Å². The third-order valence-electron chi connectivity index (χ3n) is 4.69. The molecule has 1 heteroatoms. The molecule has 0 radical (unpaired) electrons. The van der Waals surface area contributed by atoms with Crippen LogP contribution in [0.5, 0.6) is 0 Å². The average molecular weight is 152 g/mol. The van der Waals surface area contributed by atoms with Gasteiger partial charge >= 0.3 is 0 Å². The fourth-order valence-corrected chi connectivity index (χ4v) is 3.38. The Morgan fingerprint density at radius 1 is 1.36 bits per heavy atom. The molecule has 1 nitrogen and oxygen atoms in total. The number of hydrogen-bond donors (Lipinski definition) is 0. The Morgan fingerprint density at radius 3 is 2.18 bits per heavy atom. The van der Waals surface area contributed by atoms with Gasteiger partial charge in [0, 0.05) is 5.92 Å². The topological polar surface area (TPSA) is 17.1 Å². The predicted octanol–water partition coefficient (Wildman–Crippen LogP) is 2.26. The highest BCUT2D eigenvalue weighted by Gasteiger charge is 2.68. The molecule has 0 aliphatic heterocycles. The normalized spacial score (nSPS) is 51.9. The van der Waals surface area contributed by atoms with Gasteiger partial charge in [-0.05, 0) is 29.6 Å². The van der Waals surface area contributed by atoms with Crippen LogP contribution in [0.3, 0.4) is 0 Å². The maximum absolute atomic E-state index is 10.7. The lowest BCUT2D eigenvalue weighted by atomic mass is 9.46. The van der Waals surface area contributed by atoms with Gasteiger partial charge in [0.05, 0.1) is 0 Å². The molecule has 0 heterocycles. The average Bonchev–Trinajstić information content (AvgIpc) is 2.38. The molecule has 62 valence electrons. The van der Waals surface area contributed by atoms with Crippen molar-refractivity contribution in [1.82, 2.24) is 0 Å². The van der Waals surface area contributed by atoms with Gasteiger partial charge in [-0.1, -0.05) is 20.8 Å². The Hall–Kier alpha value is -0.330. The quantitative estimate of drug-likeness (QED) is 0.527. The maximum atomic E-state index is 10.7. The first kappa shape index (κ1) is 7.33. The summed E-state index contributed by atoms with van der Waals surface area (Å²) in [6.07, 6.45) is 3.71. The van der Waals surface area contributed by atoms with Crippen LogP contribution in [-0.2, 0) is 4.79 Å². The minimum atomic E-state index is 0.333. The molecule has 0 aromatic carbocycles. The van der Waals surface area contributed by atoms with Gasteiger partial charge in [-0.15, -0.1) is 0 Å². The van der Waals surface area contributed by atoms with Crippen LogP contribution in [-0.4, -0.2) is 6.29 Å². The van der Waals surface area contributed by atoms with E-state index in [0.29, 0.717) is 22.7 Å². The molecule has 0 N–H and O–H groups in total. The van der Waals surface area contributed by atoms with Crippen molar-refractivity contribution in [2.75, 3.05) is 0 Å². The molecule has 0 spiro atoms. The van der Waals surface area contributed by atoms with Crippen molar-refractivity contribution in [2.24, 2.45) is 22.7 Å². The lowest BCUT2D eigenvalue weighted by Crippen LogP contribution is -2.55. The largest absolute Gasteiger partial charge is 0.303 e. The van der Waals surface area contributed by atoms with Crippen molar-refractivity contribution in [2.45, 2.75) is 33.6 Å². The van der Waals surface area contributed by atoms with Gasteiger partial charge in [0.1, 0.15) is 6.29 Å². The van der Waals surface area contributed by atoms with E-state index >= 15 is 0 Å². The van der Waals surface area contributed by atoms with E-state index in [9.17, 15) is 4.79 Å². The summed E-state index contributed by atoms with van der Waals surface area (Å²) in [7, 11) is 0. The number of fused-ring (bicyclic) bond motifs is 1. The number of carbonyl (C=O) groups excluding carboxylic acids is 1. The molecule has 3 aliphatic rings. The van der Waals surface area contributed by atoms with Gasteiger partial charge in [-0.3, -0.25) is 0 Å². The Kier molecular flexibility index (Phi) is 1.13. The lowest BCUT2D eigenvalue weighted by molar-refractivity contribution is -0.145. The van der Waals surface area contributed by atoms with E-state index in [1.807, 2.05) is 0 Å². The van der Waals surface area contributed by atoms with Crippen LogP contribution in [0.2, 0.25) is 0 Å². The standard InChI is InChI=1S/C10H16O/c1-9(2)7-4-5-10(9,3)8(7)6-11/h6-8H,4-5H2,1-3H3/t7?,8-,10+/m1/s1. The molecular formula is C10H16O. The summed E-state index contributed by atoms with van der Waals surface area (Å²) in [6, 6.07) is 0. The summed E-state index contributed by atoms with van der Waals surface area (Å²) in [4.78, 5) is 10.7. The summed E-state index contributed by atoms with van der Waals surface area (Å²) in [5, 5.41) is 0. The van der Waals surface area contributed by atoms with Gasteiger partial charge in [0.2, 0.25) is 0 Å². The first-order valence-electron chi connectivity index (χ1n) is 4.49. The van der Waals surface area contributed by atoms with Gasteiger partial charge in [0.15, 0.2) is 0 Å². The predicted molar refractivity (Wildman–Crippen MR) is 44.2 cm³/mol. The second-order valence-corrected chi connectivity index (χ2v) is 4.95. The summed E-state index contributed by atoms with van der Waals surface area (Å²) in [5.41, 5.74) is 0.762. The van der Waals surface area contributed by atoms with E-state index in [4.69, 9.17) is 0 Å². The van der Waals surface area contributed by atoms with Crippen LogP contribution in [0.4, 0.5) is 0 Å². The van der Waals surface area contributed by atoms with Crippen LogP contribution in [0.25, 0.3) is 0 Å². The maximum Gasteiger partial charge on any atom is 0.123 e. The zero-order valence-electron chi connectivity index (χ0n) is 7.55. The smallest absolute Gasteiger partial charge is 0.123 e. The van der Waals surface area contributed by atoms with Crippen molar-refractivity contribution in [3.05, 3.63) is 0 Å². The van der Waals surface area contributed by atoms with Gasteiger partial charge in [-0.25, -0.2) is 0 Å². The molecule has 0 aromatic heterocycles. The van der Waals surface area contributed by atoms with E-state index in [2.05, 4.69) is 20.8 Å². The van der Waals surface area contributed by atoms with Gasteiger partial charge < -0.3 is 4.79 Å². The summed E-state index contributed by atoms with van der Waals surface area (Å²) in [5.74, 6) is 1.06. The molecule has 3 saturated carbocycles. The zero-order valence-corrected chi connectivity index (χ0v) is 7.55. The molecule has 0 amide bonds. The molecule has 2 bridgehead atoms. The van der Waals surface area contributed by atoms with Crippen molar-refractivity contribution in [3.8, 4) is 0 Å². The van der Waals surface area contributed by atoms with E-state index < -0.39 is 0 Å². The van der Waals surface area contributed by atoms with Crippen molar-refractivity contribution in [3.63, 3.8) is 0 Å². The number of carbonyl (C=O) groups is 1. The first-order valence-corrected chi connectivity index (χ1v) is 4.49. The van der Waals surface area contributed by atoms with Crippen LogP contribution in [0.15, 0.2) is 0 Å². The molecule has 11 heavy (non-hydrogen) atoms. The van der Waals surface area contributed by atoms with Crippen molar-refractivity contribution in [1.29, 1.82) is 0 Å². The number of rotatable bonds is 1. The van der Waals surface area contributed by atoms with E-state index in [1.54, 1.807) is 0 Å². The molecule has 3 aliphatic carbocycles. The number of aldehydes is 1. The van der Waals surface area contributed by atoms with Crippen LogP contribution >= 0.6 is 0 Å². The highest BCUT2D eigenvalue weighted by atomic mass is 16.1. The first-order chi connectivity index (χ1) is 5.04. The molecule has 0 saturated heterocycles. The monoisotopic (exact) mass is 152 g/mol. The Morgan fingerprint density at radius 2 is 2.00 bits per heavy atom. The highest BCUT2D eigenvalue weighted by Crippen LogP contribution is 2.72. The van der Waals surface area contributed by atoms with E-state index in [1.165, 1.54) is 19.1 Å². The summed E-state index contributed by atoms with van der Waals surface area (Å²) < 4.78 is 0. The van der Waals surface area contributed by atoms with Crippen LogP contribution in [0.1, 0.15) is 33.6 Å². The van der Waals surface area contributed by atoms with Crippen molar-refractivity contribution < 1.29 is 4.79 Å². The molecule has 3 rings (SSSR count). The third-order valence-corrected chi connectivity index (χ3v) is 4.69. The molecule has 0 aromatic rings. The Bertz CT molecular complexity index is 207. The van der Waals surface area contributed by atoms with Gasteiger partial charge in [-0.2, -0.15) is 0 Å². The fourth-order valence-electron chi connectivity index (χ4n) is 3.38. The Labute approximate surface area is 68.2 Å². The summed E-state index contributed by atoms with van der Waals surface area (Å²) in [6.45, 7) is 6.89. The second-order valence-electron chi connectivity index (χ2n) is 4.95. The van der Waals surface area contributed by atoms with Crippen molar-refractivity contribution >= 4 is 6.29 Å². The number of hydrogen-bond acceptors (Lipinski definition) is 1. The SMILES string of the molecule is CC1(C)C2CC[C@@]1(C)[C@@H]2C=O. The van der Waals surface area contributed by atoms with Crippen LogP contribution in [0, 0.1) is 22.7 Å². The van der Waals surface area contributed by atoms with E-state index in [0.717, 1.165) is 0 Å². The highest BCUT2D eigenvalue weighted by molar-refractivity contribution is 5.60. The fraction of sp³-hybridized carbons (Fsp3) is 0.900. The minimum absolute atomic E-state index is 0.333. The van der Waals surface area contributed by atoms with Crippen LogP contribution < -0.4 is 0 Å². The molecule has 3 fully saturated rings. The second kappa shape index (κ2) is 1.70.